The van der Waals surface area contributed by atoms with Crippen molar-refractivity contribution in [1.82, 2.24) is 5.32 Å². The van der Waals surface area contributed by atoms with Gasteiger partial charge in [-0.2, -0.15) is 0 Å². The molecule has 1 aliphatic rings. The standard InChI is InChI=1S/C15H23NO2/c1-13-8-9-15(12-16-13)18-11-5-10-17-14-6-3-2-4-7-14/h2-4,6-7,13,15-16H,5,8-12H2,1H3. The Balaban J connectivity index is 1.51. The first-order chi connectivity index (χ1) is 8.84. The van der Waals surface area contributed by atoms with E-state index in [1.54, 1.807) is 0 Å². The fourth-order valence-electron chi connectivity index (χ4n) is 2.13. The molecule has 0 saturated carbocycles. The van der Waals surface area contributed by atoms with E-state index in [9.17, 15) is 0 Å². The van der Waals surface area contributed by atoms with Gasteiger partial charge in [0.2, 0.25) is 0 Å². The number of rotatable bonds is 6. The van der Waals surface area contributed by atoms with E-state index < -0.39 is 0 Å². The van der Waals surface area contributed by atoms with Gasteiger partial charge in [0.1, 0.15) is 5.75 Å². The predicted molar refractivity (Wildman–Crippen MR) is 73.0 cm³/mol. The molecule has 0 radical (unpaired) electrons. The zero-order chi connectivity index (χ0) is 12.6. The second-order valence-corrected chi connectivity index (χ2v) is 4.89. The third kappa shape index (κ3) is 4.67. The number of hydrogen-bond donors (Lipinski definition) is 1. The number of para-hydroxylation sites is 1. The largest absolute Gasteiger partial charge is 0.494 e. The summed E-state index contributed by atoms with van der Waals surface area (Å²) in [6, 6.07) is 10.6. The summed E-state index contributed by atoms with van der Waals surface area (Å²) < 4.78 is 11.4. The van der Waals surface area contributed by atoms with Gasteiger partial charge in [0.15, 0.2) is 0 Å². The van der Waals surface area contributed by atoms with Crippen molar-refractivity contribution < 1.29 is 9.47 Å². The summed E-state index contributed by atoms with van der Waals surface area (Å²) in [7, 11) is 0. The van der Waals surface area contributed by atoms with Gasteiger partial charge in [-0.05, 0) is 31.9 Å². The third-order valence-corrected chi connectivity index (χ3v) is 3.27. The Bertz CT molecular complexity index is 321. The molecule has 1 N–H and O–H groups in total. The molecule has 0 amide bonds. The van der Waals surface area contributed by atoms with Gasteiger partial charge in [0.25, 0.3) is 0 Å². The zero-order valence-corrected chi connectivity index (χ0v) is 11.1. The summed E-state index contributed by atoms with van der Waals surface area (Å²) in [6.45, 7) is 4.72. The van der Waals surface area contributed by atoms with Crippen LogP contribution in [0.1, 0.15) is 26.2 Å². The van der Waals surface area contributed by atoms with Crippen molar-refractivity contribution in [2.24, 2.45) is 0 Å². The Morgan fingerprint density at radius 3 is 2.72 bits per heavy atom. The van der Waals surface area contributed by atoms with Crippen LogP contribution in [0.15, 0.2) is 30.3 Å². The highest BCUT2D eigenvalue weighted by atomic mass is 16.5. The Morgan fingerprint density at radius 2 is 2.00 bits per heavy atom. The van der Waals surface area contributed by atoms with Gasteiger partial charge in [-0.3, -0.25) is 0 Å². The summed E-state index contributed by atoms with van der Waals surface area (Å²) in [5.74, 6) is 0.936. The molecule has 0 spiro atoms. The molecule has 100 valence electrons. The average Bonchev–Trinajstić information content (AvgIpc) is 2.42. The highest BCUT2D eigenvalue weighted by Crippen LogP contribution is 2.11. The summed E-state index contributed by atoms with van der Waals surface area (Å²) >= 11 is 0. The first kappa shape index (κ1) is 13.4. The lowest BCUT2D eigenvalue weighted by atomic mass is 10.0. The van der Waals surface area contributed by atoms with Gasteiger partial charge in [0.05, 0.1) is 19.3 Å². The van der Waals surface area contributed by atoms with E-state index in [2.05, 4.69) is 12.2 Å². The first-order valence-corrected chi connectivity index (χ1v) is 6.87. The lowest BCUT2D eigenvalue weighted by Gasteiger charge is -2.27. The van der Waals surface area contributed by atoms with Crippen LogP contribution in [0.5, 0.6) is 5.75 Å². The Morgan fingerprint density at radius 1 is 1.17 bits per heavy atom. The van der Waals surface area contributed by atoms with E-state index in [-0.39, 0.29) is 0 Å². The monoisotopic (exact) mass is 249 g/mol. The van der Waals surface area contributed by atoms with Crippen LogP contribution < -0.4 is 10.1 Å². The fourth-order valence-corrected chi connectivity index (χ4v) is 2.13. The number of ether oxygens (including phenoxy) is 2. The maximum atomic E-state index is 5.83. The second-order valence-electron chi connectivity index (χ2n) is 4.89. The number of piperidine rings is 1. The predicted octanol–water partition coefficient (Wildman–Crippen LogP) is 2.61. The van der Waals surface area contributed by atoms with E-state index in [0.717, 1.165) is 31.9 Å². The quantitative estimate of drug-likeness (QED) is 0.786. The zero-order valence-electron chi connectivity index (χ0n) is 11.1. The molecule has 1 fully saturated rings. The number of nitrogens with one attached hydrogen (secondary N) is 1. The topological polar surface area (TPSA) is 30.5 Å². The molecule has 3 nitrogen and oxygen atoms in total. The molecule has 2 unspecified atom stereocenters. The lowest BCUT2D eigenvalue weighted by molar-refractivity contribution is 0.0249. The van der Waals surface area contributed by atoms with Crippen molar-refractivity contribution in [3.05, 3.63) is 30.3 Å². The highest BCUT2D eigenvalue weighted by Gasteiger charge is 2.17. The normalized spacial score (nSPS) is 23.8. The van der Waals surface area contributed by atoms with Crippen molar-refractivity contribution in [2.75, 3.05) is 19.8 Å². The smallest absolute Gasteiger partial charge is 0.119 e. The molecule has 1 aliphatic heterocycles. The van der Waals surface area contributed by atoms with E-state index in [4.69, 9.17) is 9.47 Å². The summed E-state index contributed by atoms with van der Waals surface area (Å²) in [6.07, 6.45) is 3.72. The molecule has 1 aromatic rings. The summed E-state index contributed by atoms with van der Waals surface area (Å²) in [5, 5.41) is 3.44. The van der Waals surface area contributed by atoms with Gasteiger partial charge >= 0.3 is 0 Å². The van der Waals surface area contributed by atoms with Crippen LogP contribution in [0.3, 0.4) is 0 Å². The van der Waals surface area contributed by atoms with Crippen molar-refractivity contribution in [1.29, 1.82) is 0 Å². The molecule has 18 heavy (non-hydrogen) atoms. The molecule has 0 aliphatic carbocycles. The van der Waals surface area contributed by atoms with E-state index in [1.807, 2.05) is 30.3 Å². The second kappa shape index (κ2) is 7.39. The fraction of sp³-hybridized carbons (Fsp3) is 0.600. The minimum atomic E-state index is 0.387. The number of hydrogen-bond acceptors (Lipinski definition) is 3. The maximum Gasteiger partial charge on any atom is 0.119 e. The van der Waals surface area contributed by atoms with Gasteiger partial charge in [-0.1, -0.05) is 18.2 Å². The summed E-state index contributed by atoms with van der Waals surface area (Å²) in [5.41, 5.74) is 0. The Kier molecular flexibility index (Phi) is 5.49. The van der Waals surface area contributed by atoms with Crippen LogP contribution in [0, 0.1) is 0 Å². The van der Waals surface area contributed by atoms with Gasteiger partial charge in [-0.15, -0.1) is 0 Å². The third-order valence-electron chi connectivity index (χ3n) is 3.27. The SMILES string of the molecule is CC1CCC(OCCCOc2ccccc2)CN1. The molecule has 0 bridgehead atoms. The van der Waals surface area contributed by atoms with E-state index in [0.29, 0.717) is 12.1 Å². The Labute approximate surface area is 109 Å². The highest BCUT2D eigenvalue weighted by molar-refractivity contribution is 5.20. The van der Waals surface area contributed by atoms with Crippen LogP contribution in [0.4, 0.5) is 0 Å². The molecule has 2 rings (SSSR count). The first-order valence-electron chi connectivity index (χ1n) is 6.87. The molecule has 3 heteroatoms. The van der Waals surface area contributed by atoms with Crippen LogP contribution in [0.25, 0.3) is 0 Å². The van der Waals surface area contributed by atoms with Gasteiger partial charge in [0, 0.05) is 19.0 Å². The molecule has 2 atom stereocenters. The van der Waals surface area contributed by atoms with Crippen LogP contribution in [0.2, 0.25) is 0 Å². The minimum absolute atomic E-state index is 0.387. The lowest BCUT2D eigenvalue weighted by Crippen LogP contribution is -2.41. The van der Waals surface area contributed by atoms with Crippen LogP contribution >= 0.6 is 0 Å². The molecular formula is C15H23NO2. The molecular weight excluding hydrogens is 226 g/mol. The van der Waals surface area contributed by atoms with Gasteiger partial charge in [-0.25, -0.2) is 0 Å². The maximum absolute atomic E-state index is 5.83. The average molecular weight is 249 g/mol. The van der Waals surface area contributed by atoms with Gasteiger partial charge < -0.3 is 14.8 Å². The van der Waals surface area contributed by atoms with Crippen molar-refractivity contribution >= 4 is 0 Å². The van der Waals surface area contributed by atoms with Crippen molar-refractivity contribution in [3.8, 4) is 5.75 Å². The molecule has 1 saturated heterocycles. The molecule has 0 aromatic heterocycles. The Hall–Kier alpha value is -1.06. The number of benzene rings is 1. The van der Waals surface area contributed by atoms with E-state index >= 15 is 0 Å². The van der Waals surface area contributed by atoms with Crippen LogP contribution in [-0.4, -0.2) is 31.9 Å². The minimum Gasteiger partial charge on any atom is -0.494 e. The van der Waals surface area contributed by atoms with Crippen molar-refractivity contribution in [2.45, 2.75) is 38.3 Å². The van der Waals surface area contributed by atoms with E-state index in [1.165, 1.54) is 12.8 Å². The molecule has 1 aromatic carbocycles. The van der Waals surface area contributed by atoms with Crippen molar-refractivity contribution in [3.63, 3.8) is 0 Å². The molecule has 1 heterocycles. The van der Waals surface area contributed by atoms with Crippen LogP contribution in [-0.2, 0) is 4.74 Å². The summed E-state index contributed by atoms with van der Waals surface area (Å²) in [4.78, 5) is 0.